The van der Waals surface area contributed by atoms with Gasteiger partial charge in [0.05, 0.1) is 11.1 Å². The number of allylic oxidation sites excluding steroid dienone is 2. The number of aromatic carboxylic acids is 1. The van der Waals surface area contributed by atoms with Crippen LogP contribution in [0.1, 0.15) is 34.8 Å². The maximum Gasteiger partial charge on any atom is 0.336 e. The molecule has 1 N–H and O–H groups in total. The summed E-state index contributed by atoms with van der Waals surface area (Å²) in [5.41, 5.74) is 2.10. The van der Waals surface area contributed by atoms with Crippen LogP contribution in [0.3, 0.4) is 0 Å². The topological polar surface area (TPSA) is 50.2 Å². The number of nitrogens with zero attached hydrogens (tertiary/aromatic N) is 1. The number of para-hydroxylation sites is 1. The number of carbonyl (C=O) groups is 1. The van der Waals surface area contributed by atoms with E-state index in [9.17, 15) is 9.90 Å². The van der Waals surface area contributed by atoms with Crippen LogP contribution in [-0.4, -0.2) is 16.1 Å². The summed E-state index contributed by atoms with van der Waals surface area (Å²) in [5, 5.41) is 10.2. The van der Waals surface area contributed by atoms with Gasteiger partial charge in [0.1, 0.15) is 0 Å². The van der Waals surface area contributed by atoms with Crippen LogP contribution < -0.4 is 0 Å². The van der Waals surface area contributed by atoms with Gasteiger partial charge in [-0.15, -0.1) is 0 Å². The number of pyridine rings is 1. The highest BCUT2D eigenvalue weighted by Crippen LogP contribution is 2.48. The molecule has 2 aromatic rings. The van der Waals surface area contributed by atoms with E-state index < -0.39 is 5.97 Å². The third-order valence-electron chi connectivity index (χ3n) is 4.63. The summed E-state index contributed by atoms with van der Waals surface area (Å²) in [6, 6.07) is 9.27. The van der Waals surface area contributed by atoms with Gasteiger partial charge in [0.2, 0.25) is 0 Å². The highest BCUT2D eigenvalue weighted by molar-refractivity contribution is 6.02. The van der Waals surface area contributed by atoms with Crippen LogP contribution in [0.2, 0.25) is 0 Å². The van der Waals surface area contributed by atoms with Crippen molar-refractivity contribution >= 4 is 16.9 Å². The average Bonchev–Trinajstić information content (AvgIpc) is 3.08. The molecule has 1 aromatic carbocycles. The van der Waals surface area contributed by atoms with Crippen molar-refractivity contribution in [2.24, 2.45) is 11.8 Å². The minimum atomic E-state index is -0.872. The van der Waals surface area contributed by atoms with Gasteiger partial charge in [0, 0.05) is 17.0 Å². The number of carboxylic acids is 1. The number of carboxylic acid groups (broad SMARTS) is 1. The number of hydrogen-bond acceptors (Lipinski definition) is 2. The SMILES string of the molecule is O=C(O)c1cc(C2CC3C=CC2C3)nc2ccccc12. The Labute approximate surface area is 117 Å². The van der Waals surface area contributed by atoms with Crippen LogP contribution in [0.25, 0.3) is 10.9 Å². The molecular weight excluding hydrogens is 250 g/mol. The largest absolute Gasteiger partial charge is 0.478 e. The second kappa shape index (κ2) is 4.17. The second-order valence-electron chi connectivity index (χ2n) is 5.80. The number of rotatable bonds is 2. The van der Waals surface area contributed by atoms with Crippen LogP contribution in [0.5, 0.6) is 0 Å². The summed E-state index contributed by atoms with van der Waals surface area (Å²) in [7, 11) is 0. The maximum absolute atomic E-state index is 11.5. The lowest BCUT2D eigenvalue weighted by molar-refractivity contribution is 0.0699. The van der Waals surface area contributed by atoms with Crippen molar-refractivity contribution in [2.75, 3.05) is 0 Å². The number of fused-ring (bicyclic) bond motifs is 3. The molecule has 0 radical (unpaired) electrons. The fourth-order valence-electron chi connectivity index (χ4n) is 3.68. The van der Waals surface area contributed by atoms with Crippen molar-refractivity contribution in [1.29, 1.82) is 0 Å². The predicted molar refractivity (Wildman–Crippen MR) is 76.8 cm³/mol. The van der Waals surface area contributed by atoms with Crippen LogP contribution in [0.15, 0.2) is 42.5 Å². The molecule has 0 saturated heterocycles. The molecule has 2 aliphatic rings. The number of hydrogen-bond donors (Lipinski definition) is 1. The van der Waals surface area contributed by atoms with Gasteiger partial charge in [-0.05, 0) is 36.8 Å². The quantitative estimate of drug-likeness (QED) is 0.844. The normalized spacial score (nSPS) is 27.3. The van der Waals surface area contributed by atoms with Gasteiger partial charge >= 0.3 is 5.97 Å². The van der Waals surface area contributed by atoms with E-state index in [4.69, 9.17) is 4.98 Å². The molecule has 0 amide bonds. The molecule has 3 unspecified atom stereocenters. The molecule has 20 heavy (non-hydrogen) atoms. The fraction of sp³-hybridized carbons (Fsp3) is 0.294. The van der Waals surface area contributed by atoms with Crippen LogP contribution in [0, 0.1) is 11.8 Å². The predicted octanol–water partition coefficient (Wildman–Crippen LogP) is 3.61. The smallest absolute Gasteiger partial charge is 0.336 e. The molecule has 1 aromatic heterocycles. The Morgan fingerprint density at radius 1 is 1.20 bits per heavy atom. The second-order valence-corrected chi connectivity index (χ2v) is 5.80. The highest BCUT2D eigenvalue weighted by atomic mass is 16.4. The number of benzene rings is 1. The molecular formula is C17H15NO2. The van der Waals surface area contributed by atoms with E-state index in [0.717, 1.165) is 23.0 Å². The third kappa shape index (κ3) is 1.66. The van der Waals surface area contributed by atoms with Crippen molar-refractivity contribution < 1.29 is 9.90 Å². The van der Waals surface area contributed by atoms with Crippen LogP contribution in [-0.2, 0) is 0 Å². The Morgan fingerprint density at radius 2 is 2.05 bits per heavy atom. The fourth-order valence-corrected chi connectivity index (χ4v) is 3.68. The van der Waals surface area contributed by atoms with Gasteiger partial charge in [-0.25, -0.2) is 4.79 Å². The Hall–Kier alpha value is -2.16. The van der Waals surface area contributed by atoms with E-state index >= 15 is 0 Å². The average molecular weight is 265 g/mol. The molecule has 100 valence electrons. The molecule has 0 aliphatic heterocycles. The van der Waals surface area contributed by atoms with E-state index in [1.807, 2.05) is 24.3 Å². The van der Waals surface area contributed by atoms with Crippen molar-refractivity contribution in [3.63, 3.8) is 0 Å². The van der Waals surface area contributed by atoms with Gasteiger partial charge in [-0.1, -0.05) is 30.4 Å². The van der Waals surface area contributed by atoms with Gasteiger partial charge in [-0.2, -0.15) is 0 Å². The summed E-state index contributed by atoms with van der Waals surface area (Å²) in [5.74, 6) is 0.707. The van der Waals surface area contributed by atoms with Gasteiger partial charge in [-0.3, -0.25) is 4.98 Å². The molecule has 3 heteroatoms. The summed E-state index contributed by atoms with van der Waals surface area (Å²) < 4.78 is 0. The summed E-state index contributed by atoms with van der Waals surface area (Å²) in [4.78, 5) is 16.2. The zero-order valence-corrected chi connectivity index (χ0v) is 11.0. The molecule has 1 saturated carbocycles. The van der Waals surface area contributed by atoms with Gasteiger partial charge < -0.3 is 5.11 Å². The first-order valence-corrected chi connectivity index (χ1v) is 7.03. The summed E-state index contributed by atoms with van der Waals surface area (Å²) >= 11 is 0. The monoisotopic (exact) mass is 265 g/mol. The highest BCUT2D eigenvalue weighted by Gasteiger charge is 2.37. The molecule has 2 bridgehead atoms. The summed E-state index contributed by atoms with van der Waals surface area (Å²) in [6.07, 6.45) is 6.86. The minimum absolute atomic E-state index is 0.373. The standard InChI is InChI=1S/C17H15NO2/c19-17(20)14-9-16(13-8-10-5-6-11(13)7-10)18-15-4-2-1-3-12(14)15/h1-6,9-11,13H,7-8H2,(H,19,20). The Kier molecular flexibility index (Phi) is 2.43. The molecule has 4 rings (SSSR count). The zero-order valence-electron chi connectivity index (χ0n) is 11.0. The lowest BCUT2D eigenvalue weighted by Gasteiger charge is -2.18. The molecule has 2 aliphatic carbocycles. The van der Waals surface area contributed by atoms with Crippen molar-refractivity contribution in [3.8, 4) is 0 Å². The van der Waals surface area contributed by atoms with Crippen molar-refractivity contribution in [2.45, 2.75) is 18.8 Å². The first-order valence-electron chi connectivity index (χ1n) is 7.03. The Bertz CT molecular complexity index is 735. The lowest BCUT2D eigenvalue weighted by atomic mass is 9.89. The van der Waals surface area contributed by atoms with Crippen LogP contribution in [0.4, 0.5) is 0 Å². The van der Waals surface area contributed by atoms with E-state index in [0.29, 0.717) is 23.3 Å². The maximum atomic E-state index is 11.5. The first kappa shape index (κ1) is 11.6. The minimum Gasteiger partial charge on any atom is -0.478 e. The molecule has 1 fully saturated rings. The Balaban J connectivity index is 1.88. The van der Waals surface area contributed by atoms with E-state index in [-0.39, 0.29) is 0 Å². The third-order valence-corrected chi connectivity index (χ3v) is 4.63. The van der Waals surface area contributed by atoms with E-state index in [2.05, 4.69) is 12.2 Å². The van der Waals surface area contributed by atoms with Crippen molar-refractivity contribution in [1.82, 2.24) is 4.98 Å². The molecule has 3 atom stereocenters. The molecule has 3 nitrogen and oxygen atoms in total. The number of aromatic nitrogens is 1. The summed E-state index contributed by atoms with van der Waals surface area (Å²) in [6.45, 7) is 0. The Morgan fingerprint density at radius 3 is 2.75 bits per heavy atom. The van der Waals surface area contributed by atoms with Crippen LogP contribution >= 0.6 is 0 Å². The van der Waals surface area contributed by atoms with E-state index in [1.165, 1.54) is 6.42 Å². The van der Waals surface area contributed by atoms with E-state index in [1.54, 1.807) is 6.07 Å². The van der Waals surface area contributed by atoms with Gasteiger partial charge in [0.25, 0.3) is 0 Å². The molecule has 1 heterocycles. The van der Waals surface area contributed by atoms with Gasteiger partial charge in [0.15, 0.2) is 0 Å². The van der Waals surface area contributed by atoms with Crippen molar-refractivity contribution in [3.05, 3.63) is 53.7 Å². The lowest BCUT2D eigenvalue weighted by Crippen LogP contribution is -2.10. The first-order chi connectivity index (χ1) is 9.72. The molecule has 0 spiro atoms. The zero-order chi connectivity index (χ0) is 13.7.